The third-order valence-electron chi connectivity index (χ3n) is 4.95. The average Bonchev–Trinajstić information content (AvgIpc) is 3.00. The predicted octanol–water partition coefficient (Wildman–Crippen LogP) is 3.46. The Hall–Kier alpha value is -3.22. The molecule has 0 spiro atoms. The minimum Gasteiger partial charge on any atom is -0.465 e. The van der Waals surface area contributed by atoms with Crippen molar-refractivity contribution < 1.29 is 14.3 Å². The molecule has 1 amide bonds. The Balaban J connectivity index is 1.93. The summed E-state index contributed by atoms with van der Waals surface area (Å²) in [6.45, 7) is 6.41. The van der Waals surface area contributed by atoms with E-state index in [1.165, 1.54) is 7.11 Å². The highest BCUT2D eigenvalue weighted by atomic mass is 16.5. The van der Waals surface area contributed by atoms with Crippen LogP contribution in [0.25, 0.3) is 11.0 Å². The number of fused-ring (bicyclic) bond motifs is 1. The van der Waals surface area contributed by atoms with Gasteiger partial charge in [-0.2, -0.15) is 5.10 Å². The van der Waals surface area contributed by atoms with E-state index in [-0.39, 0.29) is 17.8 Å². The van der Waals surface area contributed by atoms with Crippen molar-refractivity contribution in [2.75, 3.05) is 14.2 Å². The van der Waals surface area contributed by atoms with Crippen LogP contribution in [-0.4, -0.2) is 45.7 Å². The molecular formula is C22H26N4O3. The Morgan fingerprint density at radius 1 is 1.21 bits per heavy atom. The molecule has 3 rings (SSSR count). The number of esters is 1. The molecule has 0 aliphatic heterocycles. The van der Waals surface area contributed by atoms with Crippen LogP contribution in [0.5, 0.6) is 0 Å². The van der Waals surface area contributed by atoms with E-state index in [9.17, 15) is 9.59 Å². The maximum Gasteiger partial charge on any atom is 0.337 e. The van der Waals surface area contributed by atoms with Gasteiger partial charge in [-0.05, 0) is 36.6 Å². The average molecular weight is 394 g/mol. The summed E-state index contributed by atoms with van der Waals surface area (Å²) in [6.07, 6.45) is 0. The van der Waals surface area contributed by atoms with Crippen LogP contribution < -0.4 is 0 Å². The molecule has 1 aromatic carbocycles. The smallest absolute Gasteiger partial charge is 0.337 e. The number of aromatic nitrogens is 3. The van der Waals surface area contributed by atoms with Crippen LogP contribution in [0.3, 0.4) is 0 Å². The Morgan fingerprint density at radius 2 is 1.86 bits per heavy atom. The fourth-order valence-electron chi connectivity index (χ4n) is 3.34. The number of carbonyl (C=O) groups excluding carboxylic acids is 2. The second-order valence-electron chi connectivity index (χ2n) is 7.51. The summed E-state index contributed by atoms with van der Waals surface area (Å²) in [5.74, 6) is -0.279. The van der Waals surface area contributed by atoms with Gasteiger partial charge < -0.3 is 9.64 Å². The molecule has 0 fully saturated rings. The van der Waals surface area contributed by atoms with Gasteiger partial charge in [0.1, 0.15) is 0 Å². The number of benzene rings is 1. The first-order valence-electron chi connectivity index (χ1n) is 9.49. The topological polar surface area (TPSA) is 77.3 Å². The quantitative estimate of drug-likeness (QED) is 0.620. The fraction of sp³-hybridized carbons (Fsp3) is 0.364. The first-order valence-corrected chi connectivity index (χ1v) is 9.49. The molecule has 0 N–H and O–H groups in total. The van der Waals surface area contributed by atoms with E-state index in [0.29, 0.717) is 23.3 Å². The van der Waals surface area contributed by atoms with Crippen molar-refractivity contribution in [1.82, 2.24) is 19.7 Å². The van der Waals surface area contributed by atoms with Crippen LogP contribution in [0.15, 0.2) is 30.3 Å². The van der Waals surface area contributed by atoms with E-state index in [1.807, 2.05) is 32.2 Å². The Kier molecular flexibility index (Phi) is 5.68. The third kappa shape index (κ3) is 3.99. The zero-order chi connectivity index (χ0) is 21.3. The molecule has 3 aromatic rings. The molecule has 0 aliphatic rings. The van der Waals surface area contributed by atoms with Crippen LogP contribution in [0, 0.1) is 6.92 Å². The number of ether oxygens (including phenoxy) is 1. The van der Waals surface area contributed by atoms with Crippen molar-refractivity contribution in [2.24, 2.45) is 7.05 Å². The lowest BCUT2D eigenvalue weighted by molar-refractivity contribution is 0.0600. The van der Waals surface area contributed by atoms with Crippen molar-refractivity contribution >= 4 is 22.9 Å². The highest BCUT2D eigenvalue weighted by Crippen LogP contribution is 2.26. The van der Waals surface area contributed by atoms with Crippen molar-refractivity contribution in [3.63, 3.8) is 0 Å². The SMILES string of the molecule is COC(=O)c1ccc(CN(C)C(=O)c2cc(C(C)C)nc3c2c(C)nn3C)cc1. The number of pyridine rings is 1. The standard InChI is InChI=1S/C22H26N4O3/c1-13(2)18-11-17(19-14(3)24-26(5)20(19)23-18)21(27)25(4)12-15-7-9-16(10-8-15)22(28)29-6/h7-11,13H,12H2,1-6H3. The number of rotatable bonds is 5. The maximum absolute atomic E-state index is 13.3. The number of methoxy groups -OCH3 is 1. The van der Waals surface area contributed by atoms with E-state index in [2.05, 4.69) is 18.9 Å². The van der Waals surface area contributed by atoms with Gasteiger partial charge in [0.2, 0.25) is 0 Å². The zero-order valence-electron chi connectivity index (χ0n) is 17.7. The van der Waals surface area contributed by atoms with E-state index in [0.717, 1.165) is 22.3 Å². The Morgan fingerprint density at radius 3 is 2.45 bits per heavy atom. The number of amides is 1. The summed E-state index contributed by atoms with van der Waals surface area (Å²) < 4.78 is 6.44. The first-order chi connectivity index (χ1) is 13.7. The lowest BCUT2D eigenvalue weighted by atomic mass is 10.0. The van der Waals surface area contributed by atoms with Crippen LogP contribution in [-0.2, 0) is 18.3 Å². The number of hydrogen-bond donors (Lipinski definition) is 0. The van der Waals surface area contributed by atoms with E-state index >= 15 is 0 Å². The van der Waals surface area contributed by atoms with E-state index in [1.54, 1.807) is 28.8 Å². The van der Waals surface area contributed by atoms with Crippen molar-refractivity contribution in [3.8, 4) is 0 Å². The van der Waals surface area contributed by atoms with Crippen LogP contribution in [0.1, 0.15) is 57.4 Å². The molecule has 0 saturated heterocycles. The largest absolute Gasteiger partial charge is 0.465 e. The summed E-state index contributed by atoms with van der Waals surface area (Å²) in [5, 5.41) is 5.24. The second-order valence-corrected chi connectivity index (χ2v) is 7.51. The molecule has 0 saturated carbocycles. The third-order valence-corrected chi connectivity index (χ3v) is 4.95. The van der Waals surface area contributed by atoms with Gasteiger partial charge in [-0.15, -0.1) is 0 Å². The molecular weight excluding hydrogens is 368 g/mol. The highest BCUT2D eigenvalue weighted by Gasteiger charge is 2.22. The summed E-state index contributed by atoms with van der Waals surface area (Å²) in [5.41, 5.74) is 4.37. The van der Waals surface area contributed by atoms with Crippen molar-refractivity contribution in [3.05, 3.63) is 58.4 Å². The summed E-state index contributed by atoms with van der Waals surface area (Å²) in [4.78, 5) is 31.3. The predicted molar refractivity (Wildman–Crippen MR) is 111 cm³/mol. The number of carbonyl (C=O) groups is 2. The van der Waals surface area contributed by atoms with Gasteiger partial charge in [-0.3, -0.25) is 9.48 Å². The van der Waals surface area contributed by atoms with Gasteiger partial charge in [0.25, 0.3) is 5.91 Å². The lowest BCUT2D eigenvalue weighted by Gasteiger charge is -2.19. The molecule has 7 heteroatoms. The number of aryl methyl sites for hydroxylation is 2. The summed E-state index contributed by atoms with van der Waals surface area (Å²) in [6, 6.07) is 8.93. The molecule has 0 bridgehead atoms. The molecule has 0 atom stereocenters. The number of nitrogens with zero attached hydrogens (tertiary/aromatic N) is 4. The van der Waals surface area contributed by atoms with Gasteiger partial charge in [0, 0.05) is 26.3 Å². The minimum atomic E-state index is -0.381. The van der Waals surface area contributed by atoms with Gasteiger partial charge in [0.15, 0.2) is 5.65 Å². The minimum absolute atomic E-state index is 0.0903. The van der Waals surface area contributed by atoms with Gasteiger partial charge in [-0.25, -0.2) is 9.78 Å². The highest BCUT2D eigenvalue weighted by molar-refractivity contribution is 6.06. The van der Waals surface area contributed by atoms with Gasteiger partial charge in [-0.1, -0.05) is 26.0 Å². The summed E-state index contributed by atoms with van der Waals surface area (Å²) >= 11 is 0. The molecule has 7 nitrogen and oxygen atoms in total. The molecule has 0 aliphatic carbocycles. The fourth-order valence-corrected chi connectivity index (χ4v) is 3.34. The van der Waals surface area contributed by atoms with E-state index in [4.69, 9.17) is 9.72 Å². The number of hydrogen-bond acceptors (Lipinski definition) is 5. The zero-order valence-corrected chi connectivity index (χ0v) is 17.7. The van der Waals surface area contributed by atoms with Gasteiger partial charge >= 0.3 is 5.97 Å². The normalized spacial score (nSPS) is 11.1. The molecule has 0 radical (unpaired) electrons. The molecule has 29 heavy (non-hydrogen) atoms. The molecule has 0 unspecified atom stereocenters. The maximum atomic E-state index is 13.3. The van der Waals surface area contributed by atoms with E-state index < -0.39 is 0 Å². The van der Waals surface area contributed by atoms with Crippen LogP contribution >= 0.6 is 0 Å². The lowest BCUT2D eigenvalue weighted by Crippen LogP contribution is -2.27. The molecule has 2 heterocycles. The molecule has 152 valence electrons. The monoisotopic (exact) mass is 394 g/mol. The van der Waals surface area contributed by atoms with Crippen molar-refractivity contribution in [2.45, 2.75) is 33.2 Å². The Bertz CT molecular complexity index is 1070. The molecule has 2 aromatic heterocycles. The second kappa shape index (κ2) is 8.03. The van der Waals surface area contributed by atoms with Crippen LogP contribution in [0.4, 0.5) is 0 Å². The van der Waals surface area contributed by atoms with Gasteiger partial charge in [0.05, 0.1) is 29.3 Å². The summed E-state index contributed by atoms with van der Waals surface area (Å²) in [7, 11) is 4.96. The first kappa shape index (κ1) is 20.5. The Labute approximate surface area is 170 Å². The van der Waals surface area contributed by atoms with Crippen molar-refractivity contribution in [1.29, 1.82) is 0 Å². The van der Waals surface area contributed by atoms with Crippen LogP contribution in [0.2, 0.25) is 0 Å².